The van der Waals surface area contributed by atoms with Crippen molar-refractivity contribution in [3.8, 4) is 10.7 Å². The number of para-hydroxylation sites is 2. The first-order chi connectivity index (χ1) is 13.2. The lowest BCUT2D eigenvalue weighted by Crippen LogP contribution is -2.11. The number of anilines is 1. The van der Waals surface area contributed by atoms with Crippen molar-refractivity contribution in [1.29, 1.82) is 0 Å². The molecule has 0 bridgehead atoms. The number of aromatic nitrogens is 3. The van der Waals surface area contributed by atoms with Gasteiger partial charge in [0, 0.05) is 12.2 Å². The molecule has 4 rings (SSSR count). The van der Waals surface area contributed by atoms with Gasteiger partial charge in [-0.1, -0.05) is 25.1 Å². The topological polar surface area (TPSA) is 59.8 Å². The molecule has 0 unspecified atom stereocenters. The van der Waals surface area contributed by atoms with Gasteiger partial charge in [0.05, 0.1) is 20.8 Å². The monoisotopic (exact) mass is 376 g/mol. The molecule has 1 aromatic carbocycles. The zero-order chi connectivity index (χ0) is 18.8. The zero-order valence-electron chi connectivity index (χ0n) is 15.3. The first-order valence-electron chi connectivity index (χ1n) is 8.96. The minimum absolute atomic E-state index is 0.150. The molecule has 0 spiro atoms. The zero-order valence-corrected chi connectivity index (χ0v) is 16.1. The van der Waals surface area contributed by atoms with E-state index in [1.54, 1.807) is 6.07 Å². The third kappa shape index (κ3) is 3.48. The van der Waals surface area contributed by atoms with Gasteiger partial charge < -0.3 is 9.88 Å². The molecule has 1 N–H and O–H groups in total. The quantitative estimate of drug-likeness (QED) is 0.525. The molecule has 136 valence electrons. The van der Waals surface area contributed by atoms with E-state index in [0.29, 0.717) is 10.7 Å². The Hall–Kier alpha value is -2.99. The number of thiophene rings is 1. The number of amides is 1. The van der Waals surface area contributed by atoms with E-state index in [0.717, 1.165) is 40.4 Å². The van der Waals surface area contributed by atoms with Crippen LogP contribution >= 0.6 is 11.3 Å². The predicted molar refractivity (Wildman–Crippen MR) is 110 cm³/mol. The summed E-state index contributed by atoms with van der Waals surface area (Å²) < 4.78 is 2.23. The van der Waals surface area contributed by atoms with Crippen LogP contribution in [0.25, 0.3) is 21.7 Å². The lowest BCUT2D eigenvalue weighted by atomic mass is 10.3. The fraction of sp³-hybridized carbons (Fsp3) is 0.190. The number of rotatable bonds is 5. The smallest absolute Gasteiger partial charge is 0.266 e. The molecule has 0 aliphatic carbocycles. The average Bonchev–Trinajstić information content (AvgIpc) is 3.27. The maximum atomic E-state index is 12.6. The Morgan fingerprint density at radius 3 is 2.74 bits per heavy atom. The molecule has 6 heteroatoms. The minimum atomic E-state index is -0.150. The number of carbonyl (C=O) groups excluding carboxylic acids is 1. The predicted octanol–water partition coefficient (Wildman–Crippen LogP) is 5.13. The first-order valence-corrected chi connectivity index (χ1v) is 9.78. The highest BCUT2D eigenvalue weighted by molar-refractivity contribution is 7.17. The van der Waals surface area contributed by atoms with Gasteiger partial charge in [-0.05, 0) is 49.7 Å². The van der Waals surface area contributed by atoms with E-state index >= 15 is 0 Å². The molecule has 0 saturated carbocycles. The van der Waals surface area contributed by atoms with Crippen LogP contribution in [0.5, 0.6) is 0 Å². The van der Waals surface area contributed by atoms with Gasteiger partial charge in [0.15, 0.2) is 5.82 Å². The summed E-state index contributed by atoms with van der Waals surface area (Å²) in [6.45, 7) is 4.94. The summed E-state index contributed by atoms with van der Waals surface area (Å²) in [7, 11) is 0. The summed E-state index contributed by atoms with van der Waals surface area (Å²) in [5, 5.41) is 2.86. The molecule has 0 fully saturated rings. The maximum absolute atomic E-state index is 12.6. The van der Waals surface area contributed by atoms with E-state index in [4.69, 9.17) is 4.98 Å². The van der Waals surface area contributed by atoms with Crippen molar-refractivity contribution in [3.05, 3.63) is 65.2 Å². The van der Waals surface area contributed by atoms with Gasteiger partial charge in [-0.3, -0.25) is 4.79 Å². The molecular weight excluding hydrogens is 356 g/mol. The molecule has 0 aliphatic rings. The fourth-order valence-electron chi connectivity index (χ4n) is 3.08. The molecule has 1 amide bonds. The average molecular weight is 376 g/mol. The van der Waals surface area contributed by atoms with Crippen LogP contribution < -0.4 is 5.32 Å². The van der Waals surface area contributed by atoms with Crippen molar-refractivity contribution in [2.75, 3.05) is 5.32 Å². The molecule has 27 heavy (non-hydrogen) atoms. The first kappa shape index (κ1) is 17.4. The Balaban J connectivity index is 1.65. The Morgan fingerprint density at radius 1 is 1.07 bits per heavy atom. The normalized spacial score (nSPS) is 11.0. The number of hydrogen-bond donors (Lipinski definition) is 1. The van der Waals surface area contributed by atoms with Gasteiger partial charge in [0.1, 0.15) is 5.82 Å². The third-order valence-electron chi connectivity index (χ3n) is 4.28. The molecule has 0 saturated heterocycles. The van der Waals surface area contributed by atoms with E-state index in [-0.39, 0.29) is 5.91 Å². The molecular formula is C21H20N4OS. The van der Waals surface area contributed by atoms with E-state index < -0.39 is 0 Å². The molecule has 0 aliphatic heterocycles. The van der Waals surface area contributed by atoms with Gasteiger partial charge in [0.2, 0.25) is 0 Å². The SMILES string of the molecule is CCCn1c(-c2ccc(C(=O)Nc3cccc(C)n3)s2)nc2ccccc21. The van der Waals surface area contributed by atoms with Crippen LogP contribution in [0, 0.1) is 6.92 Å². The molecule has 4 aromatic rings. The Bertz CT molecular complexity index is 1110. The van der Waals surface area contributed by atoms with E-state index in [2.05, 4.69) is 27.9 Å². The van der Waals surface area contributed by atoms with Crippen LogP contribution in [0.15, 0.2) is 54.6 Å². The van der Waals surface area contributed by atoms with Crippen LogP contribution in [0.4, 0.5) is 5.82 Å². The Morgan fingerprint density at radius 2 is 1.93 bits per heavy atom. The molecule has 0 atom stereocenters. The lowest BCUT2D eigenvalue weighted by Gasteiger charge is -2.06. The Labute approximate surface area is 161 Å². The van der Waals surface area contributed by atoms with E-state index in [1.165, 1.54) is 11.3 Å². The van der Waals surface area contributed by atoms with Gasteiger partial charge in [-0.2, -0.15) is 0 Å². The summed E-state index contributed by atoms with van der Waals surface area (Å²) in [6, 6.07) is 17.5. The second kappa shape index (κ2) is 7.32. The number of aryl methyl sites for hydroxylation is 2. The second-order valence-corrected chi connectivity index (χ2v) is 7.44. The number of imidazole rings is 1. The fourth-order valence-corrected chi connectivity index (χ4v) is 3.98. The van der Waals surface area contributed by atoms with Crippen LogP contribution in [0.1, 0.15) is 28.7 Å². The van der Waals surface area contributed by atoms with E-state index in [9.17, 15) is 4.79 Å². The number of pyridine rings is 1. The van der Waals surface area contributed by atoms with Gasteiger partial charge >= 0.3 is 0 Å². The maximum Gasteiger partial charge on any atom is 0.266 e. The summed E-state index contributed by atoms with van der Waals surface area (Å²) >= 11 is 1.45. The summed E-state index contributed by atoms with van der Waals surface area (Å²) in [4.78, 5) is 23.3. The van der Waals surface area contributed by atoms with Gasteiger partial charge in [-0.15, -0.1) is 11.3 Å². The number of nitrogens with one attached hydrogen (secondary N) is 1. The van der Waals surface area contributed by atoms with Crippen molar-refractivity contribution < 1.29 is 4.79 Å². The number of nitrogens with zero attached hydrogens (tertiary/aromatic N) is 3. The number of hydrogen-bond acceptors (Lipinski definition) is 4. The van der Waals surface area contributed by atoms with Crippen LogP contribution in [0.2, 0.25) is 0 Å². The van der Waals surface area contributed by atoms with Crippen molar-refractivity contribution in [1.82, 2.24) is 14.5 Å². The largest absolute Gasteiger partial charge is 0.323 e. The molecule has 3 aromatic heterocycles. The van der Waals surface area contributed by atoms with Gasteiger partial charge in [0.25, 0.3) is 5.91 Å². The number of fused-ring (bicyclic) bond motifs is 1. The summed E-state index contributed by atoms with van der Waals surface area (Å²) in [6.07, 6.45) is 1.02. The minimum Gasteiger partial charge on any atom is -0.323 e. The third-order valence-corrected chi connectivity index (χ3v) is 5.36. The lowest BCUT2D eigenvalue weighted by molar-refractivity contribution is 0.103. The number of benzene rings is 1. The molecule has 3 heterocycles. The molecule has 5 nitrogen and oxygen atoms in total. The molecule has 0 radical (unpaired) electrons. The highest BCUT2D eigenvalue weighted by atomic mass is 32.1. The van der Waals surface area contributed by atoms with Crippen molar-refractivity contribution in [2.24, 2.45) is 0 Å². The van der Waals surface area contributed by atoms with Crippen LogP contribution in [-0.2, 0) is 6.54 Å². The van der Waals surface area contributed by atoms with Crippen molar-refractivity contribution in [3.63, 3.8) is 0 Å². The number of carbonyl (C=O) groups is 1. The van der Waals surface area contributed by atoms with Crippen LogP contribution in [0.3, 0.4) is 0 Å². The standard InChI is InChI=1S/C21H20N4OS/c1-3-13-25-16-9-5-4-8-15(16)23-20(25)17-11-12-18(27-17)21(26)24-19-10-6-7-14(2)22-19/h4-12H,3,13H2,1-2H3,(H,22,24,26). The summed E-state index contributed by atoms with van der Waals surface area (Å²) in [5.74, 6) is 1.33. The van der Waals surface area contributed by atoms with Crippen molar-refractivity contribution >= 4 is 34.1 Å². The van der Waals surface area contributed by atoms with E-state index in [1.807, 2.05) is 49.4 Å². The summed E-state index contributed by atoms with van der Waals surface area (Å²) in [5.41, 5.74) is 2.97. The second-order valence-electron chi connectivity index (χ2n) is 6.36. The van der Waals surface area contributed by atoms with Gasteiger partial charge in [-0.25, -0.2) is 9.97 Å². The highest BCUT2D eigenvalue weighted by Crippen LogP contribution is 2.31. The van der Waals surface area contributed by atoms with Crippen LogP contribution in [-0.4, -0.2) is 20.4 Å². The Kier molecular flexibility index (Phi) is 4.73. The van der Waals surface area contributed by atoms with Crippen molar-refractivity contribution in [2.45, 2.75) is 26.8 Å². The highest BCUT2D eigenvalue weighted by Gasteiger charge is 2.16.